The van der Waals surface area contributed by atoms with Gasteiger partial charge in [0.1, 0.15) is 0 Å². The van der Waals surface area contributed by atoms with Gasteiger partial charge in [0, 0.05) is 7.11 Å². The van der Waals surface area contributed by atoms with Gasteiger partial charge in [-0.25, -0.2) is 4.79 Å². The molecule has 0 aliphatic carbocycles. The molecule has 0 aromatic rings. The van der Waals surface area contributed by atoms with Crippen LogP contribution in [0, 0.1) is 5.92 Å². The highest BCUT2D eigenvalue weighted by molar-refractivity contribution is 5.74. The molecule has 0 saturated heterocycles. The Kier molecular flexibility index (Phi) is 7.48. The lowest BCUT2D eigenvalue weighted by Crippen LogP contribution is -2.22. The monoisotopic (exact) mass is 202 g/mol. The van der Waals surface area contributed by atoms with Gasteiger partial charge in [0.25, 0.3) is 0 Å². The summed E-state index contributed by atoms with van der Waals surface area (Å²) in [6.45, 7) is 6.59. The predicted molar refractivity (Wildman–Crippen MR) is 56.1 cm³/mol. The Bertz CT molecular complexity index is 155. The molecule has 0 rings (SSSR count). The van der Waals surface area contributed by atoms with Crippen LogP contribution in [0.5, 0.6) is 0 Å². The molecular formula is C11H22O3. The van der Waals surface area contributed by atoms with Gasteiger partial charge in [0.05, 0.1) is 6.61 Å². The molecule has 0 N–H and O–H groups in total. The molecule has 3 nitrogen and oxygen atoms in total. The zero-order valence-corrected chi connectivity index (χ0v) is 9.71. The van der Waals surface area contributed by atoms with Crippen LogP contribution in [0.3, 0.4) is 0 Å². The summed E-state index contributed by atoms with van der Waals surface area (Å²) in [6, 6.07) is 0. The van der Waals surface area contributed by atoms with Gasteiger partial charge in [-0.05, 0) is 25.7 Å². The first-order valence-corrected chi connectivity index (χ1v) is 5.27. The zero-order valence-electron chi connectivity index (χ0n) is 9.71. The summed E-state index contributed by atoms with van der Waals surface area (Å²) in [5, 5.41) is 0. The SMILES string of the molecule is COC(C)C(=O)OCCCCC(C)C. The molecule has 0 aromatic heterocycles. The van der Waals surface area contributed by atoms with Crippen molar-refractivity contribution in [1.82, 2.24) is 0 Å². The Morgan fingerprint density at radius 1 is 1.21 bits per heavy atom. The van der Waals surface area contributed by atoms with Gasteiger partial charge < -0.3 is 9.47 Å². The number of carbonyl (C=O) groups excluding carboxylic acids is 1. The molecule has 1 atom stereocenters. The minimum absolute atomic E-state index is 0.267. The van der Waals surface area contributed by atoms with E-state index in [2.05, 4.69) is 13.8 Å². The van der Waals surface area contributed by atoms with Crippen LogP contribution in [0.25, 0.3) is 0 Å². The van der Waals surface area contributed by atoms with Crippen LogP contribution in [0.2, 0.25) is 0 Å². The van der Waals surface area contributed by atoms with Crippen LogP contribution in [0.15, 0.2) is 0 Å². The van der Waals surface area contributed by atoms with Crippen LogP contribution in [-0.2, 0) is 14.3 Å². The van der Waals surface area contributed by atoms with Crippen molar-refractivity contribution in [2.24, 2.45) is 5.92 Å². The second-order valence-electron chi connectivity index (χ2n) is 3.94. The van der Waals surface area contributed by atoms with E-state index in [1.54, 1.807) is 6.92 Å². The molecule has 0 amide bonds. The molecule has 84 valence electrons. The molecule has 0 radical (unpaired) electrons. The zero-order chi connectivity index (χ0) is 11.0. The molecule has 0 aromatic carbocycles. The summed E-state index contributed by atoms with van der Waals surface area (Å²) < 4.78 is 9.85. The summed E-state index contributed by atoms with van der Waals surface area (Å²) in [7, 11) is 1.50. The van der Waals surface area contributed by atoms with Crippen LogP contribution in [-0.4, -0.2) is 25.8 Å². The van der Waals surface area contributed by atoms with Crippen molar-refractivity contribution in [1.29, 1.82) is 0 Å². The van der Waals surface area contributed by atoms with Crippen molar-refractivity contribution >= 4 is 5.97 Å². The normalized spacial score (nSPS) is 12.9. The highest BCUT2D eigenvalue weighted by atomic mass is 16.6. The number of methoxy groups -OCH3 is 1. The van der Waals surface area contributed by atoms with Crippen molar-refractivity contribution in [3.05, 3.63) is 0 Å². The van der Waals surface area contributed by atoms with Crippen LogP contribution >= 0.6 is 0 Å². The number of hydrogen-bond donors (Lipinski definition) is 0. The Hall–Kier alpha value is -0.570. The maximum Gasteiger partial charge on any atom is 0.334 e. The van der Waals surface area contributed by atoms with Crippen LogP contribution < -0.4 is 0 Å². The first-order valence-electron chi connectivity index (χ1n) is 5.27. The molecule has 1 unspecified atom stereocenters. The van der Waals surface area contributed by atoms with Gasteiger partial charge in [-0.15, -0.1) is 0 Å². The number of carbonyl (C=O) groups is 1. The molecule has 0 aliphatic rings. The topological polar surface area (TPSA) is 35.5 Å². The highest BCUT2D eigenvalue weighted by Crippen LogP contribution is 2.06. The molecular weight excluding hydrogens is 180 g/mol. The summed E-state index contributed by atoms with van der Waals surface area (Å²) in [6.07, 6.45) is 2.81. The average Bonchev–Trinajstić information content (AvgIpc) is 2.15. The van der Waals surface area contributed by atoms with Gasteiger partial charge in [0.15, 0.2) is 6.10 Å². The number of rotatable bonds is 7. The molecule has 0 bridgehead atoms. The van der Waals surface area contributed by atoms with E-state index >= 15 is 0 Å². The number of hydrogen-bond acceptors (Lipinski definition) is 3. The van der Waals surface area contributed by atoms with Gasteiger partial charge >= 0.3 is 5.97 Å². The van der Waals surface area contributed by atoms with E-state index < -0.39 is 6.10 Å². The quantitative estimate of drug-likeness (QED) is 0.469. The predicted octanol–water partition coefficient (Wildman–Crippen LogP) is 2.39. The number of esters is 1. The molecule has 14 heavy (non-hydrogen) atoms. The van der Waals surface area contributed by atoms with Gasteiger partial charge in [-0.2, -0.15) is 0 Å². The molecule has 0 saturated carbocycles. The lowest BCUT2D eigenvalue weighted by molar-refractivity contribution is -0.154. The molecule has 0 fully saturated rings. The van der Waals surface area contributed by atoms with Crippen molar-refractivity contribution in [2.75, 3.05) is 13.7 Å². The summed E-state index contributed by atoms with van der Waals surface area (Å²) in [5.74, 6) is 0.459. The van der Waals surface area contributed by atoms with Crippen molar-refractivity contribution < 1.29 is 14.3 Å². The summed E-state index contributed by atoms with van der Waals surface area (Å²) >= 11 is 0. The van der Waals surface area contributed by atoms with E-state index in [-0.39, 0.29) is 5.97 Å². The van der Waals surface area contributed by atoms with E-state index in [0.717, 1.165) is 18.8 Å². The third-order valence-electron chi connectivity index (χ3n) is 2.11. The minimum Gasteiger partial charge on any atom is -0.464 e. The first-order chi connectivity index (χ1) is 6.57. The third-order valence-corrected chi connectivity index (χ3v) is 2.11. The Balaban J connectivity index is 3.32. The maximum atomic E-state index is 11.1. The van der Waals surface area contributed by atoms with E-state index in [4.69, 9.17) is 9.47 Å². The second kappa shape index (κ2) is 7.80. The fourth-order valence-electron chi connectivity index (χ4n) is 1.04. The van der Waals surface area contributed by atoms with Crippen molar-refractivity contribution in [3.8, 4) is 0 Å². The van der Waals surface area contributed by atoms with E-state index in [1.165, 1.54) is 13.5 Å². The Morgan fingerprint density at radius 3 is 2.36 bits per heavy atom. The van der Waals surface area contributed by atoms with Crippen molar-refractivity contribution in [2.45, 2.75) is 46.1 Å². The second-order valence-corrected chi connectivity index (χ2v) is 3.94. The lowest BCUT2D eigenvalue weighted by Gasteiger charge is -2.09. The number of ether oxygens (including phenoxy) is 2. The smallest absolute Gasteiger partial charge is 0.334 e. The Morgan fingerprint density at radius 2 is 1.86 bits per heavy atom. The van der Waals surface area contributed by atoms with E-state index in [9.17, 15) is 4.79 Å². The van der Waals surface area contributed by atoms with Crippen LogP contribution in [0.1, 0.15) is 40.0 Å². The molecule has 0 spiro atoms. The highest BCUT2D eigenvalue weighted by Gasteiger charge is 2.12. The van der Waals surface area contributed by atoms with Crippen LogP contribution in [0.4, 0.5) is 0 Å². The van der Waals surface area contributed by atoms with Gasteiger partial charge in [-0.1, -0.05) is 20.3 Å². The number of unbranched alkanes of at least 4 members (excludes halogenated alkanes) is 1. The molecule has 3 heteroatoms. The fourth-order valence-corrected chi connectivity index (χ4v) is 1.04. The van der Waals surface area contributed by atoms with E-state index in [1.807, 2.05) is 0 Å². The Labute approximate surface area is 86.8 Å². The largest absolute Gasteiger partial charge is 0.464 e. The molecule has 0 aliphatic heterocycles. The van der Waals surface area contributed by atoms with Gasteiger partial charge in [0.2, 0.25) is 0 Å². The minimum atomic E-state index is -0.444. The fraction of sp³-hybridized carbons (Fsp3) is 0.909. The summed E-state index contributed by atoms with van der Waals surface area (Å²) in [4.78, 5) is 11.1. The first kappa shape index (κ1) is 13.4. The molecule has 0 heterocycles. The van der Waals surface area contributed by atoms with E-state index in [0.29, 0.717) is 6.61 Å². The standard InChI is InChI=1S/C11H22O3/c1-9(2)7-5-6-8-14-11(12)10(3)13-4/h9-10H,5-8H2,1-4H3. The lowest BCUT2D eigenvalue weighted by atomic mass is 10.1. The average molecular weight is 202 g/mol. The summed E-state index contributed by atoms with van der Waals surface area (Å²) in [5.41, 5.74) is 0. The van der Waals surface area contributed by atoms with Gasteiger partial charge in [-0.3, -0.25) is 0 Å². The third kappa shape index (κ3) is 6.89. The van der Waals surface area contributed by atoms with Crippen molar-refractivity contribution in [3.63, 3.8) is 0 Å². The maximum absolute atomic E-state index is 11.1.